The van der Waals surface area contributed by atoms with E-state index < -0.39 is 24.3 Å². The number of benzene rings is 1. The summed E-state index contributed by atoms with van der Waals surface area (Å²) in [6.07, 6.45) is 4.43. The fourth-order valence-corrected chi connectivity index (χ4v) is 2.94. The SMILES string of the molecule is C#CCN1CCN(c2ccc([N+]3=COCOC(CNC(=O)C(F)F)C3)cc2F)C=N1. The first kappa shape index (κ1) is 21.4. The molecule has 3 rings (SSSR count). The highest BCUT2D eigenvalue weighted by Crippen LogP contribution is 2.25. The topological polar surface area (TPSA) is 69.4 Å². The second-order valence-corrected chi connectivity index (χ2v) is 6.53. The van der Waals surface area contributed by atoms with Crippen LogP contribution in [-0.2, 0) is 14.3 Å². The van der Waals surface area contributed by atoms with Crippen LogP contribution in [0.5, 0.6) is 0 Å². The molecule has 0 bridgehead atoms. The number of nitrogens with one attached hydrogen (secondary N) is 1. The minimum Gasteiger partial charge on any atom is -0.423 e. The van der Waals surface area contributed by atoms with Crippen molar-refractivity contribution in [2.24, 2.45) is 5.10 Å². The molecule has 0 radical (unpaired) electrons. The minimum absolute atomic E-state index is 0.120. The van der Waals surface area contributed by atoms with Crippen molar-refractivity contribution in [3.63, 3.8) is 0 Å². The molecule has 1 aromatic carbocycles. The summed E-state index contributed by atoms with van der Waals surface area (Å²) in [4.78, 5) is 12.7. The third kappa shape index (κ3) is 5.42. The maximum absolute atomic E-state index is 14.8. The van der Waals surface area contributed by atoms with E-state index in [1.165, 1.54) is 18.8 Å². The molecule has 8 nitrogen and oxygen atoms in total. The molecule has 1 aromatic rings. The number of alkyl halides is 2. The number of ether oxygens (including phenoxy) is 2. The lowest BCUT2D eigenvalue weighted by atomic mass is 10.2. The highest BCUT2D eigenvalue weighted by atomic mass is 19.3. The Hall–Kier alpha value is -3.26. The van der Waals surface area contributed by atoms with Crippen LogP contribution in [0.4, 0.5) is 24.5 Å². The van der Waals surface area contributed by atoms with Crippen LogP contribution in [0.3, 0.4) is 0 Å². The van der Waals surface area contributed by atoms with Crippen molar-refractivity contribution in [1.82, 2.24) is 10.3 Å². The summed E-state index contributed by atoms with van der Waals surface area (Å²) in [6, 6.07) is 4.64. The molecule has 2 aliphatic rings. The van der Waals surface area contributed by atoms with Crippen molar-refractivity contribution < 1.29 is 32.0 Å². The Bertz CT molecular complexity index is 871. The lowest BCUT2D eigenvalue weighted by Gasteiger charge is -2.28. The van der Waals surface area contributed by atoms with Crippen molar-refractivity contribution in [2.45, 2.75) is 12.5 Å². The summed E-state index contributed by atoms with van der Waals surface area (Å²) >= 11 is 0. The number of anilines is 1. The van der Waals surface area contributed by atoms with Gasteiger partial charge in [-0.15, -0.1) is 6.42 Å². The molecule has 160 valence electrons. The number of hydrogen-bond donors (Lipinski definition) is 1. The van der Waals surface area contributed by atoms with E-state index in [4.69, 9.17) is 15.9 Å². The van der Waals surface area contributed by atoms with Gasteiger partial charge in [0.15, 0.2) is 19.2 Å². The van der Waals surface area contributed by atoms with Crippen LogP contribution in [0.15, 0.2) is 23.3 Å². The van der Waals surface area contributed by atoms with Crippen LogP contribution in [0.2, 0.25) is 0 Å². The van der Waals surface area contributed by atoms with Crippen LogP contribution < -0.4 is 10.2 Å². The van der Waals surface area contributed by atoms with Gasteiger partial charge >= 0.3 is 12.8 Å². The molecule has 2 heterocycles. The number of rotatable bonds is 6. The van der Waals surface area contributed by atoms with Crippen molar-refractivity contribution >= 4 is 30.0 Å². The molecule has 0 saturated carbocycles. The predicted octanol–water partition coefficient (Wildman–Crippen LogP) is 0.951. The first-order valence-electron chi connectivity index (χ1n) is 9.15. The molecule has 30 heavy (non-hydrogen) atoms. The van der Waals surface area contributed by atoms with E-state index in [0.717, 1.165) is 0 Å². The lowest BCUT2D eigenvalue weighted by Crippen LogP contribution is -2.39. The van der Waals surface area contributed by atoms with Gasteiger partial charge in [0.25, 0.3) is 5.91 Å². The maximum atomic E-state index is 14.8. The zero-order valence-electron chi connectivity index (χ0n) is 16.0. The van der Waals surface area contributed by atoms with Gasteiger partial charge < -0.3 is 19.7 Å². The largest absolute Gasteiger partial charge is 0.423 e. The van der Waals surface area contributed by atoms with Gasteiger partial charge in [-0.05, 0) is 6.07 Å². The molecule has 1 atom stereocenters. The Balaban J connectivity index is 1.67. The predicted molar refractivity (Wildman–Crippen MR) is 103 cm³/mol. The first-order chi connectivity index (χ1) is 14.5. The quantitative estimate of drug-likeness (QED) is 0.544. The molecular weight excluding hydrogens is 403 g/mol. The van der Waals surface area contributed by atoms with Crippen molar-refractivity contribution in [3.8, 4) is 12.3 Å². The number of hydrogen-bond acceptors (Lipinski definition) is 6. The number of hydrazone groups is 1. The van der Waals surface area contributed by atoms with E-state index in [0.29, 0.717) is 31.0 Å². The molecule has 0 aliphatic carbocycles. The van der Waals surface area contributed by atoms with Crippen LogP contribution in [0.25, 0.3) is 0 Å². The van der Waals surface area contributed by atoms with E-state index in [9.17, 15) is 18.0 Å². The summed E-state index contributed by atoms with van der Waals surface area (Å²) in [5.41, 5.74) is 0.838. The second-order valence-electron chi connectivity index (χ2n) is 6.53. The van der Waals surface area contributed by atoms with Gasteiger partial charge in [0, 0.05) is 18.7 Å². The number of amides is 1. The molecule has 0 saturated heterocycles. The first-order valence-corrected chi connectivity index (χ1v) is 9.15. The monoisotopic (exact) mass is 424 g/mol. The fraction of sp³-hybridized carbons (Fsp3) is 0.421. The van der Waals surface area contributed by atoms with Crippen LogP contribution >= 0.6 is 0 Å². The summed E-state index contributed by atoms with van der Waals surface area (Å²) in [5, 5.41) is 8.00. The molecule has 1 amide bonds. The van der Waals surface area contributed by atoms with Gasteiger partial charge in [-0.3, -0.25) is 9.80 Å². The number of nitrogens with zero attached hydrogens (tertiary/aromatic N) is 4. The highest BCUT2D eigenvalue weighted by molar-refractivity contribution is 5.80. The van der Waals surface area contributed by atoms with Crippen molar-refractivity contribution in [3.05, 3.63) is 24.0 Å². The van der Waals surface area contributed by atoms with Gasteiger partial charge in [-0.2, -0.15) is 18.5 Å². The number of carbonyl (C=O) groups is 1. The van der Waals surface area contributed by atoms with Gasteiger partial charge in [-0.25, -0.2) is 4.39 Å². The Morgan fingerprint density at radius 2 is 2.27 bits per heavy atom. The smallest absolute Gasteiger partial charge is 0.331 e. The average molecular weight is 424 g/mol. The lowest BCUT2D eigenvalue weighted by molar-refractivity contribution is -0.449. The molecule has 0 fully saturated rings. The summed E-state index contributed by atoms with van der Waals surface area (Å²) < 4.78 is 51.6. The Kier molecular flexibility index (Phi) is 7.13. The van der Waals surface area contributed by atoms with Crippen LogP contribution in [-0.4, -0.2) is 80.3 Å². The molecular formula is C19H21F3N5O3+. The van der Waals surface area contributed by atoms with E-state index >= 15 is 0 Å². The van der Waals surface area contributed by atoms with E-state index in [1.807, 2.05) is 0 Å². The van der Waals surface area contributed by atoms with Crippen LogP contribution in [0, 0.1) is 18.2 Å². The second kappa shape index (κ2) is 9.98. The van der Waals surface area contributed by atoms with E-state index in [2.05, 4.69) is 16.3 Å². The molecule has 0 spiro atoms. The zero-order chi connectivity index (χ0) is 21.5. The molecule has 11 heteroatoms. The highest BCUT2D eigenvalue weighted by Gasteiger charge is 2.26. The Morgan fingerprint density at radius 1 is 1.43 bits per heavy atom. The molecule has 1 unspecified atom stereocenters. The number of carbonyl (C=O) groups excluding carboxylic acids is 1. The molecule has 1 N–H and O–H groups in total. The normalized spacial score (nSPS) is 19.0. The average Bonchev–Trinajstić information content (AvgIpc) is 2.98. The third-order valence-electron chi connectivity index (χ3n) is 4.48. The molecule has 2 aliphatic heterocycles. The van der Waals surface area contributed by atoms with Crippen molar-refractivity contribution in [2.75, 3.05) is 44.4 Å². The third-order valence-corrected chi connectivity index (χ3v) is 4.48. The van der Waals surface area contributed by atoms with Gasteiger partial charge in [-0.1, -0.05) is 5.92 Å². The Morgan fingerprint density at radius 3 is 2.93 bits per heavy atom. The number of terminal acetylenes is 1. The summed E-state index contributed by atoms with van der Waals surface area (Å²) in [6.45, 7) is 1.41. The van der Waals surface area contributed by atoms with Gasteiger partial charge in [0.1, 0.15) is 12.4 Å². The van der Waals surface area contributed by atoms with Crippen LogP contribution in [0.1, 0.15) is 0 Å². The van der Waals surface area contributed by atoms with E-state index in [1.54, 1.807) is 26.6 Å². The zero-order valence-corrected chi connectivity index (χ0v) is 16.0. The van der Waals surface area contributed by atoms with E-state index in [-0.39, 0.29) is 19.9 Å². The fourth-order valence-electron chi connectivity index (χ4n) is 2.94. The van der Waals surface area contributed by atoms with Crippen molar-refractivity contribution in [1.29, 1.82) is 0 Å². The maximum Gasteiger partial charge on any atom is 0.331 e. The summed E-state index contributed by atoms with van der Waals surface area (Å²) in [7, 11) is 0. The standard InChI is InChI=1S/C19H20F3N5O3/c1-2-5-27-7-6-25(11-24-27)17-4-3-14(8-16(17)20)26-10-15(30-13-29-12-26)9-23-19(28)18(21)22/h1,3-4,8,11-12,15,18H,5-7,9-10,13H2/p+1. The Labute approximate surface area is 171 Å². The molecule has 0 aromatic heterocycles. The minimum atomic E-state index is -3.10. The van der Waals surface area contributed by atoms with Gasteiger partial charge in [0.2, 0.25) is 5.69 Å². The van der Waals surface area contributed by atoms with Gasteiger partial charge in [0.05, 0.1) is 25.3 Å². The summed E-state index contributed by atoms with van der Waals surface area (Å²) in [5.74, 6) is 0.661. The number of halogens is 3.